The van der Waals surface area contributed by atoms with E-state index in [4.69, 9.17) is 18.9 Å². The second-order valence-corrected chi connectivity index (χ2v) is 13.1. The molecule has 5 aliphatic rings. The van der Waals surface area contributed by atoms with E-state index in [1.54, 1.807) is 31.2 Å². The molecule has 12 heteroatoms. The summed E-state index contributed by atoms with van der Waals surface area (Å²) in [5.41, 5.74) is 4.94. The van der Waals surface area contributed by atoms with Gasteiger partial charge in [0.15, 0.2) is 23.0 Å². The summed E-state index contributed by atoms with van der Waals surface area (Å²) in [6.07, 6.45) is 0.794. The highest BCUT2D eigenvalue weighted by atomic mass is 16.7. The Morgan fingerprint density at radius 2 is 1.73 bits per heavy atom. The third-order valence-corrected chi connectivity index (χ3v) is 10.7. The molecule has 1 N–H and O–H groups in total. The molecule has 2 amide bonds. The van der Waals surface area contributed by atoms with Crippen LogP contribution in [0.15, 0.2) is 30.3 Å². The number of rotatable bonds is 4. The number of carbonyl (C=O) groups excluding carboxylic acids is 3. The zero-order valence-electron chi connectivity index (χ0n) is 27.2. The summed E-state index contributed by atoms with van der Waals surface area (Å²) >= 11 is 0. The zero-order chi connectivity index (χ0) is 33.8. The van der Waals surface area contributed by atoms with Crippen LogP contribution < -0.4 is 18.9 Å². The number of aryl methyl sites for hydroxylation is 1. The number of nitriles is 1. The molecule has 5 atom stereocenters. The van der Waals surface area contributed by atoms with Crippen molar-refractivity contribution in [2.45, 2.75) is 63.8 Å². The van der Waals surface area contributed by atoms with Gasteiger partial charge in [-0.1, -0.05) is 18.2 Å². The van der Waals surface area contributed by atoms with E-state index in [0.717, 1.165) is 11.1 Å². The average molecular weight is 651 g/mol. The van der Waals surface area contributed by atoms with Crippen LogP contribution in [-0.4, -0.2) is 83.2 Å². The van der Waals surface area contributed by atoms with Crippen LogP contribution in [0, 0.1) is 25.2 Å². The smallest absolute Gasteiger partial charge is 0.308 e. The van der Waals surface area contributed by atoms with Gasteiger partial charge in [-0.2, -0.15) is 5.26 Å². The van der Waals surface area contributed by atoms with E-state index in [-0.39, 0.29) is 25.1 Å². The van der Waals surface area contributed by atoms with Gasteiger partial charge in [-0.05, 0) is 57.0 Å². The maximum Gasteiger partial charge on any atom is 0.308 e. The van der Waals surface area contributed by atoms with Gasteiger partial charge in [0.25, 0.3) is 11.8 Å². The minimum absolute atomic E-state index is 0.0444. The highest BCUT2D eigenvalue weighted by molar-refractivity contribution is 6.21. The van der Waals surface area contributed by atoms with Crippen LogP contribution in [0.1, 0.15) is 73.1 Å². The van der Waals surface area contributed by atoms with Gasteiger partial charge < -0.3 is 24.1 Å². The first kappa shape index (κ1) is 30.2. The van der Waals surface area contributed by atoms with Crippen LogP contribution in [0.25, 0.3) is 0 Å². The number of hydrogen-bond acceptors (Lipinski definition) is 11. The Labute approximate surface area is 276 Å². The predicted molar refractivity (Wildman–Crippen MR) is 169 cm³/mol. The van der Waals surface area contributed by atoms with Crippen molar-refractivity contribution >= 4 is 17.8 Å². The third-order valence-electron chi connectivity index (χ3n) is 10.7. The quantitative estimate of drug-likeness (QED) is 0.251. The molecule has 1 fully saturated rings. The number of piperazine rings is 1. The first-order valence-corrected chi connectivity index (χ1v) is 15.9. The second-order valence-electron chi connectivity index (χ2n) is 13.1. The lowest BCUT2D eigenvalue weighted by atomic mass is 9.71. The van der Waals surface area contributed by atoms with Gasteiger partial charge in [0.05, 0.1) is 36.4 Å². The van der Waals surface area contributed by atoms with Gasteiger partial charge in [-0.3, -0.25) is 29.1 Å². The fraction of sp³-hybridized carbons (Fsp3) is 0.389. The molecule has 8 rings (SSSR count). The van der Waals surface area contributed by atoms with Crippen LogP contribution in [-0.2, 0) is 17.6 Å². The predicted octanol–water partition coefficient (Wildman–Crippen LogP) is 3.74. The Hall–Kier alpha value is -5.12. The van der Waals surface area contributed by atoms with Crippen molar-refractivity contribution in [1.82, 2.24) is 14.7 Å². The number of likely N-dealkylation sites (N-methyl/N-ethyl adjacent to an activating group) is 1. The van der Waals surface area contributed by atoms with Gasteiger partial charge in [0.1, 0.15) is 11.8 Å². The van der Waals surface area contributed by atoms with E-state index in [1.165, 1.54) is 18.9 Å². The van der Waals surface area contributed by atoms with Gasteiger partial charge in [-0.15, -0.1) is 0 Å². The van der Waals surface area contributed by atoms with Crippen LogP contribution >= 0.6 is 0 Å². The van der Waals surface area contributed by atoms with E-state index >= 15 is 0 Å². The summed E-state index contributed by atoms with van der Waals surface area (Å²) in [5, 5.41) is 22.6. The van der Waals surface area contributed by atoms with Gasteiger partial charge in [0.2, 0.25) is 6.79 Å². The molecule has 48 heavy (non-hydrogen) atoms. The summed E-state index contributed by atoms with van der Waals surface area (Å²) in [5.74, 6) is 0.250. The molecule has 0 radical (unpaired) electrons. The van der Waals surface area contributed by atoms with E-state index in [2.05, 4.69) is 15.9 Å². The summed E-state index contributed by atoms with van der Waals surface area (Å²) < 4.78 is 23.6. The maximum absolute atomic E-state index is 13.8. The lowest BCUT2D eigenvalue weighted by Crippen LogP contribution is -2.68. The minimum atomic E-state index is -0.745. The number of fused-ring (bicyclic) bond motifs is 10. The fourth-order valence-electron chi connectivity index (χ4n) is 8.87. The standard InChI is InChI=1S/C36H34N4O8/c1-16-10-19-11-23-25(13-37)40-24(29(38(23)4)27(19)30(42)31(16)45-5)12-22-28(34-33(46-15-47-34)17(2)32(22)48-18(3)41)26(40)14-39-35(43)20-8-6-7-9-21(20)36(39)44/h6-10,23-26,29,42H,11-12,14-15H2,1-5H3/t23-,24-,25-,26-,29+/m0/s1. The van der Waals surface area contributed by atoms with Gasteiger partial charge in [0, 0.05) is 47.8 Å². The molecule has 246 valence electrons. The van der Waals surface area contributed by atoms with Crippen LogP contribution in [0.5, 0.6) is 28.7 Å². The zero-order valence-corrected chi connectivity index (χ0v) is 27.2. The number of hydrogen-bond donors (Lipinski definition) is 1. The number of phenols is 1. The number of esters is 1. The number of imide groups is 1. The molecule has 0 spiro atoms. The molecule has 3 aromatic carbocycles. The third kappa shape index (κ3) is 3.98. The topological polar surface area (TPSA) is 142 Å². The molecule has 3 aromatic rings. The van der Waals surface area contributed by atoms with Gasteiger partial charge in [-0.25, -0.2) is 0 Å². The molecule has 0 saturated carbocycles. The minimum Gasteiger partial charge on any atom is -0.504 e. The number of ether oxygens (including phenoxy) is 4. The fourth-order valence-corrected chi connectivity index (χ4v) is 8.87. The SMILES string of the molecule is COc1c(C)cc2c(c1O)[C@H]1[C@@H]3Cc4c(OC(C)=O)c(C)c5c(c4[C@H](CN4C(=O)c6ccccc6C4=O)N3[C@@H](C#N)[C@H](C2)N1C)OCO5. The molecule has 1 saturated heterocycles. The summed E-state index contributed by atoms with van der Waals surface area (Å²) in [4.78, 5) is 45.6. The highest BCUT2D eigenvalue weighted by Crippen LogP contribution is 2.58. The normalized spacial score (nSPS) is 25.2. The molecule has 5 heterocycles. The Kier molecular flexibility index (Phi) is 6.74. The molecule has 12 nitrogen and oxygen atoms in total. The lowest BCUT2D eigenvalue weighted by Gasteiger charge is -2.60. The van der Waals surface area contributed by atoms with Crippen molar-refractivity contribution in [2.24, 2.45) is 0 Å². The maximum atomic E-state index is 13.8. The Morgan fingerprint density at radius 3 is 2.38 bits per heavy atom. The summed E-state index contributed by atoms with van der Waals surface area (Å²) in [6.45, 7) is 4.86. The number of nitrogens with zero attached hydrogens (tertiary/aromatic N) is 4. The van der Waals surface area contributed by atoms with Crippen molar-refractivity contribution in [3.05, 3.63) is 74.8 Å². The number of carbonyl (C=O) groups is 3. The van der Waals surface area contributed by atoms with Crippen molar-refractivity contribution < 1.29 is 38.4 Å². The van der Waals surface area contributed by atoms with E-state index < -0.39 is 42.0 Å². The van der Waals surface area contributed by atoms with Crippen LogP contribution in [0.4, 0.5) is 0 Å². The van der Waals surface area contributed by atoms with Crippen molar-refractivity contribution in [3.8, 4) is 34.8 Å². The van der Waals surface area contributed by atoms with E-state index in [0.29, 0.717) is 69.2 Å². The second kappa shape index (κ2) is 10.7. The number of phenolic OH excluding ortho intramolecular Hbond substituents is 1. The number of amides is 2. The number of aromatic hydroxyl groups is 1. The Morgan fingerprint density at radius 1 is 1.04 bits per heavy atom. The molecule has 0 aliphatic carbocycles. The first-order chi connectivity index (χ1) is 23.1. The van der Waals surface area contributed by atoms with Gasteiger partial charge >= 0.3 is 5.97 Å². The average Bonchev–Trinajstić information content (AvgIpc) is 3.64. The lowest BCUT2D eigenvalue weighted by molar-refractivity contribution is -0.132. The Bertz CT molecular complexity index is 1970. The Balaban J connectivity index is 1.38. The molecule has 0 aromatic heterocycles. The number of benzene rings is 3. The summed E-state index contributed by atoms with van der Waals surface area (Å²) in [7, 11) is 3.48. The molecule has 2 bridgehead atoms. The van der Waals surface area contributed by atoms with E-state index in [9.17, 15) is 24.8 Å². The largest absolute Gasteiger partial charge is 0.504 e. The highest BCUT2D eigenvalue weighted by Gasteiger charge is 2.57. The molecule has 5 aliphatic heterocycles. The molecular formula is C36H34N4O8. The molecule has 0 unspecified atom stereocenters. The van der Waals surface area contributed by atoms with E-state index in [1.807, 2.05) is 20.0 Å². The monoisotopic (exact) mass is 650 g/mol. The number of methoxy groups -OCH3 is 1. The van der Waals surface area contributed by atoms with Crippen LogP contribution in [0.3, 0.4) is 0 Å². The summed E-state index contributed by atoms with van der Waals surface area (Å²) in [6, 6.07) is 8.71. The van der Waals surface area contributed by atoms with Crippen molar-refractivity contribution in [3.63, 3.8) is 0 Å². The first-order valence-electron chi connectivity index (χ1n) is 15.9. The van der Waals surface area contributed by atoms with Crippen molar-refractivity contribution in [2.75, 3.05) is 27.5 Å². The van der Waals surface area contributed by atoms with Crippen molar-refractivity contribution in [1.29, 1.82) is 5.26 Å². The van der Waals surface area contributed by atoms with Crippen LogP contribution in [0.2, 0.25) is 0 Å². The molecular weight excluding hydrogens is 616 g/mol.